The zero-order valence-corrected chi connectivity index (χ0v) is 19.9. The Hall–Kier alpha value is -3.20. The van der Waals surface area contributed by atoms with Gasteiger partial charge < -0.3 is 14.4 Å². The first-order valence-electron chi connectivity index (χ1n) is 10.1. The molecule has 0 aliphatic carbocycles. The molecular weight excluding hydrogens is 501 g/mol. The number of carbonyl (C=O) groups excluding carboxylic acids is 4. The molecule has 0 unspecified atom stereocenters. The summed E-state index contributed by atoms with van der Waals surface area (Å²) >= 11 is 13.5. The van der Waals surface area contributed by atoms with E-state index in [4.69, 9.17) is 32.7 Å². The van der Waals surface area contributed by atoms with E-state index in [1.54, 1.807) is 35.7 Å². The number of amides is 1. The van der Waals surface area contributed by atoms with Crippen molar-refractivity contribution >= 4 is 63.9 Å². The van der Waals surface area contributed by atoms with Crippen LogP contribution in [0.3, 0.4) is 0 Å². The van der Waals surface area contributed by atoms with Crippen molar-refractivity contribution in [3.63, 3.8) is 0 Å². The molecule has 34 heavy (non-hydrogen) atoms. The Kier molecular flexibility index (Phi) is 7.31. The molecule has 0 spiro atoms. The number of esters is 2. The highest BCUT2D eigenvalue weighted by atomic mass is 35.5. The van der Waals surface area contributed by atoms with E-state index in [-0.39, 0.29) is 29.6 Å². The molecule has 7 nitrogen and oxygen atoms in total. The molecule has 1 aromatic heterocycles. The number of benzene rings is 2. The van der Waals surface area contributed by atoms with Gasteiger partial charge in [0.1, 0.15) is 10.6 Å². The highest BCUT2D eigenvalue weighted by molar-refractivity contribution is 7.12. The summed E-state index contributed by atoms with van der Waals surface area (Å²) in [5.74, 6) is -2.29. The van der Waals surface area contributed by atoms with Gasteiger partial charge in [-0.3, -0.25) is 14.4 Å². The van der Waals surface area contributed by atoms with E-state index in [0.29, 0.717) is 21.2 Å². The van der Waals surface area contributed by atoms with Crippen LogP contribution in [0.4, 0.5) is 5.69 Å². The van der Waals surface area contributed by atoms with Crippen molar-refractivity contribution in [3.8, 4) is 5.75 Å². The molecule has 1 amide bonds. The van der Waals surface area contributed by atoms with Crippen LogP contribution in [0.15, 0.2) is 60.0 Å². The van der Waals surface area contributed by atoms with E-state index in [0.717, 1.165) is 0 Å². The van der Waals surface area contributed by atoms with Gasteiger partial charge in [-0.15, -0.1) is 11.3 Å². The number of nitrogens with zero attached hydrogens (tertiary/aromatic N) is 1. The second-order valence-electron chi connectivity index (χ2n) is 7.40. The number of Topliss-reactive ketones (excluding diaryl/α,β-unsaturated/α-hetero) is 1. The molecule has 0 saturated carbocycles. The zero-order valence-electron chi connectivity index (χ0n) is 17.5. The minimum atomic E-state index is -0.727. The number of anilines is 1. The van der Waals surface area contributed by atoms with E-state index >= 15 is 0 Å². The zero-order chi connectivity index (χ0) is 24.2. The fraction of sp³-hybridized carbons (Fsp3) is 0.167. The van der Waals surface area contributed by atoms with Crippen LogP contribution in [-0.2, 0) is 14.3 Å². The lowest BCUT2D eigenvalue weighted by Gasteiger charge is -2.18. The summed E-state index contributed by atoms with van der Waals surface area (Å²) in [5, 5.41) is 2.30. The number of rotatable bonds is 7. The largest absolute Gasteiger partial charge is 0.457 e. The van der Waals surface area contributed by atoms with Gasteiger partial charge in [0.2, 0.25) is 5.91 Å². The summed E-state index contributed by atoms with van der Waals surface area (Å²) in [7, 11) is 0. The van der Waals surface area contributed by atoms with Crippen LogP contribution >= 0.6 is 34.5 Å². The minimum absolute atomic E-state index is 0.0554. The van der Waals surface area contributed by atoms with Gasteiger partial charge in [0.15, 0.2) is 12.4 Å². The van der Waals surface area contributed by atoms with Gasteiger partial charge in [0, 0.05) is 18.5 Å². The summed E-state index contributed by atoms with van der Waals surface area (Å²) in [6, 6.07) is 14.2. The van der Waals surface area contributed by atoms with Crippen molar-refractivity contribution in [3.05, 3.63) is 80.5 Å². The van der Waals surface area contributed by atoms with Crippen LogP contribution in [0.25, 0.3) is 0 Å². The lowest BCUT2D eigenvalue weighted by Crippen LogP contribution is -2.27. The Morgan fingerprint density at radius 3 is 2.50 bits per heavy atom. The standard InChI is InChI=1S/C24H17Cl2NO6S/c25-17-3-1-4-18(22(17)26)27-12-15(11-21(27)29)23(30)32-13-19(28)14-6-8-16(9-7-14)33-24(31)20-5-2-10-34-20/h1-10,15H,11-13H2/t15-/m0/s1. The monoisotopic (exact) mass is 517 g/mol. The summed E-state index contributed by atoms with van der Waals surface area (Å²) in [6.07, 6.45) is -0.0554. The third kappa shape index (κ3) is 5.30. The van der Waals surface area contributed by atoms with Gasteiger partial charge in [0.25, 0.3) is 0 Å². The van der Waals surface area contributed by atoms with Crippen LogP contribution in [0, 0.1) is 5.92 Å². The first-order chi connectivity index (χ1) is 16.3. The van der Waals surface area contributed by atoms with E-state index in [2.05, 4.69) is 0 Å². The van der Waals surface area contributed by atoms with Crippen molar-refractivity contribution in [2.24, 2.45) is 5.92 Å². The number of hydrogen-bond donors (Lipinski definition) is 0. The maximum absolute atomic E-state index is 12.5. The minimum Gasteiger partial charge on any atom is -0.457 e. The van der Waals surface area contributed by atoms with E-state index in [1.807, 2.05) is 0 Å². The lowest BCUT2D eigenvalue weighted by atomic mass is 10.1. The van der Waals surface area contributed by atoms with E-state index < -0.39 is 30.2 Å². The molecule has 10 heteroatoms. The molecule has 2 aromatic carbocycles. The predicted octanol–water partition coefficient (Wildman–Crippen LogP) is 5.05. The second-order valence-corrected chi connectivity index (χ2v) is 9.13. The number of halogens is 2. The fourth-order valence-electron chi connectivity index (χ4n) is 3.40. The topological polar surface area (TPSA) is 90.0 Å². The third-order valence-electron chi connectivity index (χ3n) is 5.14. The van der Waals surface area contributed by atoms with Crippen LogP contribution in [0.1, 0.15) is 26.5 Å². The smallest absolute Gasteiger partial charge is 0.353 e. The van der Waals surface area contributed by atoms with Gasteiger partial charge in [-0.05, 0) is 47.8 Å². The molecule has 1 saturated heterocycles. The first-order valence-corrected chi connectivity index (χ1v) is 11.8. The van der Waals surface area contributed by atoms with Crippen molar-refractivity contribution in [2.75, 3.05) is 18.1 Å². The van der Waals surface area contributed by atoms with Crippen LogP contribution < -0.4 is 9.64 Å². The number of ether oxygens (including phenoxy) is 2. The highest BCUT2D eigenvalue weighted by Crippen LogP contribution is 2.35. The van der Waals surface area contributed by atoms with Crippen molar-refractivity contribution in [1.82, 2.24) is 0 Å². The van der Waals surface area contributed by atoms with Gasteiger partial charge in [-0.1, -0.05) is 35.3 Å². The van der Waals surface area contributed by atoms with Crippen LogP contribution in [0.2, 0.25) is 10.0 Å². The van der Waals surface area contributed by atoms with Crippen molar-refractivity contribution < 1.29 is 28.7 Å². The highest BCUT2D eigenvalue weighted by Gasteiger charge is 2.37. The SMILES string of the molecule is O=C(COC(=O)[C@H]1CC(=O)N(c2cccc(Cl)c2Cl)C1)c1ccc(OC(=O)c2cccs2)cc1. The summed E-state index contributed by atoms with van der Waals surface area (Å²) in [4.78, 5) is 51.2. The molecule has 3 aromatic rings. The molecule has 0 radical (unpaired) electrons. The Labute approximate surface area is 208 Å². The molecule has 0 bridgehead atoms. The summed E-state index contributed by atoms with van der Waals surface area (Å²) in [6.45, 7) is -0.397. The first kappa shape index (κ1) is 23.9. The molecule has 174 valence electrons. The Morgan fingerprint density at radius 1 is 1.03 bits per heavy atom. The van der Waals surface area contributed by atoms with Gasteiger partial charge in [-0.25, -0.2) is 4.79 Å². The number of hydrogen-bond acceptors (Lipinski definition) is 7. The third-order valence-corrected chi connectivity index (χ3v) is 6.79. The fourth-order valence-corrected chi connectivity index (χ4v) is 4.39. The van der Waals surface area contributed by atoms with Crippen molar-refractivity contribution in [1.29, 1.82) is 0 Å². The maximum atomic E-state index is 12.5. The molecule has 1 atom stereocenters. The average Bonchev–Trinajstić information content (AvgIpc) is 3.50. The van der Waals surface area contributed by atoms with Crippen LogP contribution in [-0.4, -0.2) is 36.8 Å². The summed E-state index contributed by atoms with van der Waals surface area (Å²) < 4.78 is 10.4. The molecular formula is C24H17Cl2NO6S. The van der Waals surface area contributed by atoms with Gasteiger partial charge in [-0.2, -0.15) is 0 Å². The molecule has 4 rings (SSSR count). The van der Waals surface area contributed by atoms with Gasteiger partial charge >= 0.3 is 11.9 Å². The Bertz CT molecular complexity index is 1240. The Balaban J connectivity index is 1.30. The van der Waals surface area contributed by atoms with Gasteiger partial charge in [0.05, 0.1) is 21.7 Å². The number of carbonyl (C=O) groups is 4. The normalized spacial score (nSPS) is 15.3. The lowest BCUT2D eigenvalue weighted by molar-refractivity contribution is -0.147. The molecule has 1 aliphatic heterocycles. The second kappa shape index (κ2) is 10.4. The van der Waals surface area contributed by atoms with Crippen molar-refractivity contribution in [2.45, 2.75) is 6.42 Å². The molecule has 0 N–H and O–H groups in total. The van der Waals surface area contributed by atoms with Crippen LogP contribution in [0.5, 0.6) is 5.75 Å². The Morgan fingerprint density at radius 2 is 1.79 bits per heavy atom. The average molecular weight is 518 g/mol. The summed E-state index contributed by atoms with van der Waals surface area (Å²) in [5.41, 5.74) is 0.712. The predicted molar refractivity (Wildman–Crippen MR) is 128 cm³/mol. The number of thiophene rings is 1. The molecule has 1 aliphatic rings. The maximum Gasteiger partial charge on any atom is 0.353 e. The quantitative estimate of drug-likeness (QED) is 0.247. The number of ketones is 1. The molecule has 2 heterocycles. The van der Waals surface area contributed by atoms with E-state index in [1.165, 1.54) is 40.5 Å². The van der Waals surface area contributed by atoms with E-state index in [9.17, 15) is 19.2 Å². The molecule has 1 fully saturated rings.